The van der Waals surface area contributed by atoms with Crippen LogP contribution in [0.2, 0.25) is 0 Å². The van der Waals surface area contributed by atoms with Crippen molar-refractivity contribution >= 4 is 17.1 Å². The fourth-order valence-corrected chi connectivity index (χ4v) is 3.36. The molecule has 2 aromatic carbocycles. The van der Waals surface area contributed by atoms with E-state index in [0.29, 0.717) is 12.1 Å². The predicted molar refractivity (Wildman–Crippen MR) is 95.1 cm³/mol. The van der Waals surface area contributed by atoms with Gasteiger partial charge in [-0.05, 0) is 13.8 Å². The van der Waals surface area contributed by atoms with Gasteiger partial charge in [-0.1, -0.05) is 18.2 Å². The topological polar surface area (TPSA) is 75.6 Å². The van der Waals surface area contributed by atoms with Crippen molar-refractivity contribution in [1.82, 2.24) is 0 Å². The lowest BCUT2D eigenvalue weighted by Gasteiger charge is -2.14. The minimum atomic E-state index is -0.482. The van der Waals surface area contributed by atoms with E-state index in [4.69, 9.17) is 4.74 Å². The van der Waals surface area contributed by atoms with Crippen molar-refractivity contribution in [3.05, 3.63) is 57.6 Å². The van der Waals surface area contributed by atoms with Crippen LogP contribution in [0.1, 0.15) is 31.9 Å². The summed E-state index contributed by atoms with van der Waals surface area (Å²) in [6, 6.07) is 10.7. The molecule has 2 aromatic rings. The van der Waals surface area contributed by atoms with Crippen molar-refractivity contribution in [2.24, 2.45) is 0 Å². The van der Waals surface area contributed by atoms with Gasteiger partial charge in [-0.3, -0.25) is 10.1 Å². The Labute approximate surface area is 146 Å². The van der Waals surface area contributed by atoms with Gasteiger partial charge in [-0.2, -0.15) is 4.58 Å². The average molecular weight is 341 g/mol. The minimum absolute atomic E-state index is 0.0666. The SMILES string of the molecule is COc1cc([N+](=O)[O-])cc(C[N+]2=C(C)C(C)(C)c3ccccc32)c1O. The molecule has 1 aliphatic heterocycles. The number of ether oxygens (including phenoxy) is 1. The molecule has 6 nitrogen and oxygen atoms in total. The van der Waals surface area contributed by atoms with E-state index in [0.717, 1.165) is 11.4 Å². The normalized spacial score (nSPS) is 15.2. The van der Waals surface area contributed by atoms with Gasteiger partial charge in [0.25, 0.3) is 5.69 Å². The van der Waals surface area contributed by atoms with E-state index >= 15 is 0 Å². The zero-order valence-corrected chi connectivity index (χ0v) is 14.7. The molecule has 0 unspecified atom stereocenters. The Bertz CT molecular complexity index is 900. The third kappa shape index (κ3) is 2.63. The van der Waals surface area contributed by atoms with Crippen LogP contribution in [0.25, 0.3) is 0 Å². The Hall–Kier alpha value is -2.89. The van der Waals surface area contributed by atoms with Crippen molar-refractivity contribution in [3.8, 4) is 11.5 Å². The van der Waals surface area contributed by atoms with Gasteiger partial charge in [-0.25, -0.2) is 0 Å². The number of methoxy groups -OCH3 is 1. The molecule has 0 fully saturated rings. The molecule has 0 atom stereocenters. The van der Waals surface area contributed by atoms with Crippen LogP contribution >= 0.6 is 0 Å². The average Bonchev–Trinajstić information content (AvgIpc) is 2.77. The summed E-state index contributed by atoms with van der Waals surface area (Å²) in [5, 5.41) is 21.6. The minimum Gasteiger partial charge on any atom is -0.504 e. The van der Waals surface area contributed by atoms with Gasteiger partial charge in [-0.15, -0.1) is 0 Å². The molecule has 1 aliphatic rings. The molecule has 0 bridgehead atoms. The van der Waals surface area contributed by atoms with Crippen molar-refractivity contribution < 1.29 is 19.3 Å². The molecule has 0 aliphatic carbocycles. The molecule has 0 saturated carbocycles. The lowest BCUT2D eigenvalue weighted by Crippen LogP contribution is -2.26. The third-order valence-corrected chi connectivity index (χ3v) is 5.08. The number of benzene rings is 2. The maximum absolute atomic E-state index is 11.2. The van der Waals surface area contributed by atoms with Crippen LogP contribution in [0.3, 0.4) is 0 Å². The molecule has 0 radical (unpaired) electrons. The second kappa shape index (κ2) is 5.88. The van der Waals surface area contributed by atoms with Crippen LogP contribution in [-0.4, -0.2) is 27.4 Å². The Morgan fingerprint density at radius 1 is 1.28 bits per heavy atom. The van der Waals surface area contributed by atoms with Gasteiger partial charge in [0.2, 0.25) is 5.69 Å². The second-order valence-corrected chi connectivity index (χ2v) is 6.73. The first-order chi connectivity index (χ1) is 11.8. The highest BCUT2D eigenvalue weighted by Crippen LogP contribution is 2.42. The summed E-state index contributed by atoms with van der Waals surface area (Å²) in [4.78, 5) is 10.7. The standard InChI is InChI=1S/C19H20N2O4/c1-12-19(2,3)15-7-5-6-8-16(15)20(12)11-13-9-14(21(23)24)10-17(25-4)18(13)22/h5-10H,11H2,1-4H3/p+1. The molecule has 6 heteroatoms. The number of phenolic OH excluding ortho intramolecular Hbond substituents is 1. The molecule has 1 N–H and O–H groups in total. The van der Waals surface area contributed by atoms with E-state index in [1.165, 1.54) is 24.8 Å². The molecule has 0 amide bonds. The van der Waals surface area contributed by atoms with E-state index in [9.17, 15) is 15.2 Å². The fraction of sp³-hybridized carbons (Fsp3) is 0.316. The predicted octanol–water partition coefficient (Wildman–Crippen LogP) is 3.91. The number of para-hydroxylation sites is 1. The molecular formula is C19H21N2O4+. The number of hydrogen-bond donors (Lipinski definition) is 1. The second-order valence-electron chi connectivity index (χ2n) is 6.73. The largest absolute Gasteiger partial charge is 0.504 e. The number of nitro groups is 1. The van der Waals surface area contributed by atoms with Crippen LogP contribution in [0, 0.1) is 10.1 Å². The summed E-state index contributed by atoms with van der Waals surface area (Å²) in [6.07, 6.45) is 0. The summed E-state index contributed by atoms with van der Waals surface area (Å²) in [6.45, 7) is 6.67. The van der Waals surface area contributed by atoms with Crippen molar-refractivity contribution in [1.29, 1.82) is 0 Å². The first-order valence-corrected chi connectivity index (χ1v) is 8.02. The zero-order valence-electron chi connectivity index (χ0n) is 14.7. The van der Waals surface area contributed by atoms with Gasteiger partial charge in [0.1, 0.15) is 0 Å². The van der Waals surface area contributed by atoms with E-state index in [-0.39, 0.29) is 22.6 Å². The van der Waals surface area contributed by atoms with Crippen LogP contribution < -0.4 is 4.74 Å². The summed E-state index contributed by atoms with van der Waals surface area (Å²) < 4.78 is 7.19. The number of non-ortho nitro benzene ring substituents is 1. The van der Waals surface area contributed by atoms with E-state index in [1.54, 1.807) is 0 Å². The smallest absolute Gasteiger partial charge is 0.273 e. The molecule has 3 rings (SSSR count). The summed E-state index contributed by atoms with van der Waals surface area (Å²) in [5.41, 5.74) is 3.58. The Morgan fingerprint density at radius 3 is 2.60 bits per heavy atom. The van der Waals surface area contributed by atoms with Crippen LogP contribution in [-0.2, 0) is 12.0 Å². The van der Waals surface area contributed by atoms with Crippen LogP contribution in [0.4, 0.5) is 11.4 Å². The number of nitrogens with zero attached hydrogens (tertiary/aromatic N) is 2. The zero-order chi connectivity index (χ0) is 18.4. The first-order valence-electron chi connectivity index (χ1n) is 8.02. The number of fused-ring (bicyclic) bond motifs is 1. The molecule has 25 heavy (non-hydrogen) atoms. The number of nitro benzene ring substituents is 1. The van der Waals surface area contributed by atoms with E-state index in [2.05, 4.69) is 24.5 Å². The first kappa shape index (κ1) is 17.0. The highest BCUT2D eigenvalue weighted by Gasteiger charge is 2.43. The molecular weight excluding hydrogens is 320 g/mol. The molecule has 1 heterocycles. The number of aromatic hydroxyl groups is 1. The van der Waals surface area contributed by atoms with Crippen LogP contribution in [0.15, 0.2) is 36.4 Å². The van der Waals surface area contributed by atoms with Crippen LogP contribution in [0.5, 0.6) is 11.5 Å². The summed E-state index contributed by atoms with van der Waals surface area (Å²) in [7, 11) is 1.38. The number of rotatable bonds is 4. The highest BCUT2D eigenvalue weighted by atomic mass is 16.6. The molecule has 0 saturated heterocycles. The summed E-state index contributed by atoms with van der Waals surface area (Å²) >= 11 is 0. The van der Waals surface area contributed by atoms with Crippen molar-refractivity contribution in [2.45, 2.75) is 32.7 Å². The third-order valence-electron chi connectivity index (χ3n) is 5.08. The molecule has 0 aromatic heterocycles. The van der Waals surface area contributed by atoms with Gasteiger partial charge in [0.15, 0.2) is 23.8 Å². The Kier molecular flexibility index (Phi) is 3.99. The van der Waals surface area contributed by atoms with Gasteiger partial charge < -0.3 is 9.84 Å². The maximum atomic E-state index is 11.2. The monoisotopic (exact) mass is 341 g/mol. The highest BCUT2D eigenvalue weighted by molar-refractivity contribution is 5.93. The van der Waals surface area contributed by atoms with Gasteiger partial charge in [0, 0.05) is 24.6 Å². The lowest BCUT2D eigenvalue weighted by molar-refractivity contribution is -0.456. The van der Waals surface area contributed by atoms with E-state index < -0.39 is 4.92 Å². The number of hydrogen-bond acceptors (Lipinski definition) is 4. The maximum Gasteiger partial charge on any atom is 0.273 e. The van der Waals surface area contributed by atoms with Crippen molar-refractivity contribution in [2.75, 3.05) is 7.11 Å². The van der Waals surface area contributed by atoms with Gasteiger partial charge >= 0.3 is 0 Å². The quantitative estimate of drug-likeness (QED) is 0.520. The molecule has 0 spiro atoms. The van der Waals surface area contributed by atoms with Gasteiger partial charge in [0.05, 0.1) is 29.1 Å². The Morgan fingerprint density at radius 2 is 1.96 bits per heavy atom. The van der Waals surface area contributed by atoms with E-state index in [1.807, 2.05) is 25.1 Å². The number of phenols is 1. The lowest BCUT2D eigenvalue weighted by atomic mass is 9.82. The van der Waals surface area contributed by atoms with Crippen molar-refractivity contribution in [3.63, 3.8) is 0 Å². The summed E-state index contributed by atoms with van der Waals surface area (Å²) in [5.74, 6) is 0.0386. The molecule has 130 valence electrons. The Balaban J connectivity index is 2.13. The fourth-order valence-electron chi connectivity index (χ4n) is 3.36.